The molecule has 0 aliphatic heterocycles. The summed E-state index contributed by atoms with van der Waals surface area (Å²) in [5.41, 5.74) is 18.1. The number of rotatable bonds is 22. The van der Waals surface area contributed by atoms with Gasteiger partial charge in [-0.25, -0.2) is 9.97 Å². The van der Waals surface area contributed by atoms with E-state index in [4.69, 9.17) is 27.5 Å². The van der Waals surface area contributed by atoms with Gasteiger partial charge in [0.2, 0.25) is 0 Å². The molecule has 0 unspecified atom stereocenters. The SMILES string of the molecule is CCCCCCC1(CCCCCC)c2cc3c(cc2-c2c1cc(C)c1nsnc21)C(CCCCCC)(CCCCCC)c1cc(-c2cnc(-c4ncc(C)s4)s2)c2nsnc2c1-3. The van der Waals surface area contributed by atoms with Crippen LogP contribution in [0.1, 0.15) is 189 Å². The highest BCUT2D eigenvalue weighted by molar-refractivity contribution is 7.23. The summed E-state index contributed by atoms with van der Waals surface area (Å²) in [4.78, 5) is 12.0. The van der Waals surface area contributed by atoms with Crippen LogP contribution in [0.5, 0.6) is 0 Å². The zero-order valence-corrected chi connectivity index (χ0v) is 41.2. The largest absolute Gasteiger partial charge is 0.242 e. The Morgan fingerprint density at radius 2 is 0.871 bits per heavy atom. The van der Waals surface area contributed by atoms with E-state index in [1.165, 1.54) is 200 Å². The Hall–Kier alpha value is -3.44. The number of thiazole rings is 2. The summed E-state index contributed by atoms with van der Waals surface area (Å²) in [5, 5.41) is 1.97. The molecule has 0 bridgehead atoms. The van der Waals surface area contributed by atoms with Crippen LogP contribution in [0.25, 0.3) is 64.8 Å². The molecular weight excluding hydrogens is 837 g/mol. The van der Waals surface area contributed by atoms with Gasteiger partial charge in [0, 0.05) is 44.8 Å². The first-order chi connectivity index (χ1) is 30.4. The minimum Gasteiger partial charge on any atom is -0.242 e. The molecule has 4 heterocycles. The van der Waals surface area contributed by atoms with Gasteiger partial charge in [-0.05, 0) is 96.7 Å². The van der Waals surface area contributed by atoms with Crippen LogP contribution < -0.4 is 0 Å². The zero-order valence-electron chi connectivity index (χ0n) is 37.9. The van der Waals surface area contributed by atoms with E-state index < -0.39 is 0 Å². The van der Waals surface area contributed by atoms with E-state index in [1.807, 2.05) is 6.20 Å². The third-order valence-corrected chi connectivity index (χ3v) is 17.6. The van der Waals surface area contributed by atoms with Crippen molar-refractivity contribution in [3.05, 3.63) is 69.4 Å². The third kappa shape index (κ3) is 7.70. The van der Waals surface area contributed by atoms with Gasteiger partial charge in [-0.1, -0.05) is 136 Å². The molecule has 326 valence electrons. The summed E-state index contributed by atoms with van der Waals surface area (Å²) < 4.78 is 20.5. The predicted octanol–water partition coefficient (Wildman–Crippen LogP) is 17.0. The molecule has 0 saturated carbocycles. The second-order valence-electron chi connectivity index (χ2n) is 18.5. The van der Waals surface area contributed by atoms with Gasteiger partial charge in [-0.15, -0.1) is 22.7 Å². The number of aryl methyl sites for hydroxylation is 2. The van der Waals surface area contributed by atoms with Crippen molar-refractivity contribution < 1.29 is 0 Å². The predicted molar refractivity (Wildman–Crippen MR) is 268 cm³/mol. The molecule has 0 spiro atoms. The number of aromatic nitrogens is 6. The van der Waals surface area contributed by atoms with Crippen LogP contribution in [0.4, 0.5) is 0 Å². The normalized spacial score (nSPS) is 14.5. The number of unbranched alkanes of at least 4 members (excludes halogenated alkanes) is 12. The van der Waals surface area contributed by atoms with Crippen LogP contribution >= 0.6 is 46.1 Å². The van der Waals surface area contributed by atoms with Gasteiger partial charge < -0.3 is 0 Å². The maximum Gasteiger partial charge on any atom is 0.152 e. The van der Waals surface area contributed by atoms with Crippen molar-refractivity contribution in [3.63, 3.8) is 0 Å². The molecule has 0 saturated heterocycles. The Balaban J connectivity index is 1.31. The molecule has 0 radical (unpaired) electrons. The van der Waals surface area contributed by atoms with Gasteiger partial charge >= 0.3 is 0 Å². The van der Waals surface area contributed by atoms with Gasteiger partial charge in [0.1, 0.15) is 22.1 Å². The minimum absolute atomic E-state index is 0.0655. The van der Waals surface area contributed by atoms with E-state index in [2.05, 4.69) is 72.0 Å². The molecule has 2 aliphatic carbocycles. The van der Waals surface area contributed by atoms with E-state index in [0.717, 1.165) is 49.8 Å². The van der Waals surface area contributed by atoms with Crippen molar-refractivity contribution in [3.8, 4) is 42.7 Å². The quantitative estimate of drug-likeness (QED) is 0.0631. The molecule has 7 aromatic rings. The molecule has 62 heavy (non-hydrogen) atoms. The highest BCUT2D eigenvalue weighted by atomic mass is 32.1. The topological polar surface area (TPSA) is 77.3 Å². The first-order valence-corrected chi connectivity index (χ1v) is 27.1. The second-order valence-corrected chi connectivity index (χ2v) is 21.9. The number of fused-ring (bicyclic) bond motifs is 10. The Morgan fingerprint density at radius 1 is 0.435 bits per heavy atom. The zero-order chi connectivity index (χ0) is 42.8. The maximum atomic E-state index is 5.27. The van der Waals surface area contributed by atoms with Crippen LogP contribution in [-0.4, -0.2) is 27.5 Å². The summed E-state index contributed by atoms with van der Waals surface area (Å²) in [6, 6.07) is 10.6. The molecule has 0 N–H and O–H groups in total. The minimum atomic E-state index is -0.133. The molecular formula is C52H64N6S4. The average molecular weight is 901 g/mol. The number of nitrogens with zero attached hydrogens (tertiary/aromatic N) is 6. The number of benzene rings is 3. The lowest BCUT2D eigenvalue weighted by atomic mass is 9.68. The Bertz CT molecular complexity index is 2640. The van der Waals surface area contributed by atoms with Crippen LogP contribution in [0.3, 0.4) is 0 Å². The summed E-state index contributed by atoms with van der Waals surface area (Å²) in [6.45, 7) is 13.7. The molecule has 6 nitrogen and oxygen atoms in total. The van der Waals surface area contributed by atoms with Crippen molar-refractivity contribution in [2.45, 2.75) is 181 Å². The highest BCUT2D eigenvalue weighted by Gasteiger charge is 2.49. The molecule has 0 fully saturated rings. The molecule has 0 atom stereocenters. The lowest BCUT2D eigenvalue weighted by Crippen LogP contribution is -2.27. The number of hydrogen-bond donors (Lipinski definition) is 0. The van der Waals surface area contributed by atoms with Gasteiger partial charge in [-0.3, -0.25) is 0 Å². The molecule has 0 amide bonds. The lowest BCUT2D eigenvalue weighted by molar-refractivity contribution is 0.397. The fourth-order valence-electron chi connectivity index (χ4n) is 11.3. The standard InChI is InChI=1S/C52H64N6S4/c1-7-11-15-19-23-51(24-20-16-12-8-2)38-29-36-39(28-35(38)43-40(51)27-33(5)45-47(43)57-61-55-45)52(25-21-17-13-9-3,26-22-18-14-10-4)41-30-37(46-48(44(36)41)58-62-56-46)42-32-54-50(60-42)49-53-31-34(6)59-49/h27-32H,7-26H2,1-6H3. The smallest absolute Gasteiger partial charge is 0.152 e. The Morgan fingerprint density at radius 3 is 1.37 bits per heavy atom. The molecule has 9 rings (SSSR count). The first kappa shape index (κ1) is 43.8. The highest BCUT2D eigenvalue weighted by Crippen LogP contribution is 2.63. The fourth-order valence-corrected chi connectivity index (χ4v) is 14.2. The van der Waals surface area contributed by atoms with Crippen molar-refractivity contribution in [1.29, 1.82) is 0 Å². The lowest BCUT2D eigenvalue weighted by Gasteiger charge is -2.35. The van der Waals surface area contributed by atoms with E-state index in [0.29, 0.717) is 0 Å². The Kier molecular flexibility index (Phi) is 13.4. The summed E-state index contributed by atoms with van der Waals surface area (Å²) in [5.74, 6) is 0. The molecule has 10 heteroatoms. The van der Waals surface area contributed by atoms with Crippen molar-refractivity contribution in [2.24, 2.45) is 0 Å². The van der Waals surface area contributed by atoms with E-state index in [-0.39, 0.29) is 10.8 Å². The van der Waals surface area contributed by atoms with Gasteiger partial charge in [0.05, 0.1) is 28.3 Å². The van der Waals surface area contributed by atoms with Crippen LogP contribution in [0.2, 0.25) is 0 Å². The summed E-state index contributed by atoms with van der Waals surface area (Å²) in [7, 11) is 0. The maximum absolute atomic E-state index is 5.27. The van der Waals surface area contributed by atoms with Crippen LogP contribution in [0, 0.1) is 13.8 Å². The van der Waals surface area contributed by atoms with Crippen molar-refractivity contribution in [2.75, 3.05) is 0 Å². The van der Waals surface area contributed by atoms with Crippen LogP contribution in [-0.2, 0) is 10.8 Å². The van der Waals surface area contributed by atoms with Crippen molar-refractivity contribution in [1.82, 2.24) is 27.5 Å². The monoisotopic (exact) mass is 900 g/mol. The average Bonchev–Trinajstić information content (AvgIpc) is 4.15. The Labute approximate surface area is 386 Å². The van der Waals surface area contributed by atoms with E-state index in [9.17, 15) is 0 Å². The van der Waals surface area contributed by atoms with Gasteiger partial charge in [-0.2, -0.15) is 17.5 Å². The van der Waals surface area contributed by atoms with E-state index in [1.54, 1.807) is 22.7 Å². The number of hydrogen-bond acceptors (Lipinski definition) is 10. The second kappa shape index (κ2) is 19.0. The molecule has 3 aromatic carbocycles. The molecule has 2 aliphatic rings. The van der Waals surface area contributed by atoms with Gasteiger partial charge in [0.15, 0.2) is 10.0 Å². The van der Waals surface area contributed by atoms with Crippen LogP contribution in [0.15, 0.2) is 36.7 Å². The molecule has 4 aromatic heterocycles. The van der Waals surface area contributed by atoms with E-state index >= 15 is 0 Å². The van der Waals surface area contributed by atoms with Crippen molar-refractivity contribution >= 4 is 68.2 Å². The summed E-state index contributed by atoms with van der Waals surface area (Å²) in [6.07, 6.45) is 28.7. The third-order valence-electron chi connectivity index (χ3n) is 14.4. The first-order valence-electron chi connectivity index (χ1n) is 24.0. The van der Waals surface area contributed by atoms with Gasteiger partial charge in [0.25, 0.3) is 0 Å². The fraction of sp³-hybridized carbons (Fsp3) is 0.538. The summed E-state index contributed by atoms with van der Waals surface area (Å²) >= 11 is 6.22.